The molecular weight excluding hydrogens is 280 g/mol. The normalized spacial score (nSPS) is 19.1. The molecule has 0 aromatic heterocycles. The van der Waals surface area contributed by atoms with E-state index in [9.17, 15) is 9.59 Å². The lowest BCUT2D eigenvalue weighted by Crippen LogP contribution is -2.55. The number of carbonyl (C=O) groups excluding carboxylic acids is 2. The molecule has 1 aromatic rings. The molecule has 1 unspecified atom stereocenters. The molecule has 1 atom stereocenters. The van der Waals surface area contributed by atoms with Crippen molar-refractivity contribution in [2.75, 3.05) is 26.2 Å². The van der Waals surface area contributed by atoms with Crippen LogP contribution in [0.15, 0.2) is 36.4 Å². The van der Waals surface area contributed by atoms with Crippen molar-refractivity contribution >= 4 is 18.0 Å². The number of rotatable bonds is 6. The summed E-state index contributed by atoms with van der Waals surface area (Å²) in [5.74, 6) is -0.436. The summed E-state index contributed by atoms with van der Waals surface area (Å²) in [6.07, 6.45) is 4.14. The molecule has 1 aliphatic heterocycles. The fraction of sp³-hybridized carbons (Fsp3) is 0.412. The Labute approximate surface area is 130 Å². The van der Waals surface area contributed by atoms with Crippen molar-refractivity contribution in [3.63, 3.8) is 0 Å². The summed E-state index contributed by atoms with van der Waals surface area (Å²) < 4.78 is 4.95. The minimum absolute atomic E-state index is 0.0961. The third-order valence-electron chi connectivity index (χ3n) is 3.56. The number of benzene rings is 1. The molecule has 0 aliphatic carbocycles. The molecule has 1 fully saturated rings. The number of piperazine rings is 1. The molecule has 1 aliphatic rings. The lowest BCUT2D eigenvalue weighted by molar-refractivity contribution is -0.147. The van der Waals surface area contributed by atoms with E-state index in [-0.39, 0.29) is 18.3 Å². The molecular formula is C17H22N2O3. The number of carbonyl (C=O) groups is 2. The molecule has 0 radical (unpaired) electrons. The van der Waals surface area contributed by atoms with Crippen LogP contribution in [-0.2, 0) is 14.3 Å². The number of amides is 1. The van der Waals surface area contributed by atoms with Crippen LogP contribution in [0, 0.1) is 0 Å². The van der Waals surface area contributed by atoms with Gasteiger partial charge in [-0.2, -0.15) is 0 Å². The van der Waals surface area contributed by atoms with Gasteiger partial charge in [0.15, 0.2) is 0 Å². The maximum absolute atomic E-state index is 12.0. The molecule has 5 heteroatoms. The van der Waals surface area contributed by atoms with Crippen molar-refractivity contribution in [1.82, 2.24) is 10.2 Å². The first kappa shape index (κ1) is 16.2. The Morgan fingerprint density at radius 3 is 2.91 bits per heavy atom. The Morgan fingerprint density at radius 2 is 2.18 bits per heavy atom. The Bertz CT molecular complexity index is 528. The molecule has 0 saturated carbocycles. The van der Waals surface area contributed by atoms with Gasteiger partial charge in [-0.25, -0.2) is 0 Å². The van der Waals surface area contributed by atoms with Gasteiger partial charge >= 0.3 is 5.97 Å². The van der Waals surface area contributed by atoms with E-state index in [2.05, 4.69) is 5.32 Å². The van der Waals surface area contributed by atoms with Crippen molar-refractivity contribution < 1.29 is 14.3 Å². The molecule has 1 heterocycles. The largest absolute Gasteiger partial charge is 0.466 e. The smallest absolute Gasteiger partial charge is 0.307 e. The van der Waals surface area contributed by atoms with Crippen LogP contribution in [0.3, 0.4) is 0 Å². The summed E-state index contributed by atoms with van der Waals surface area (Å²) in [5.41, 5.74) is 1.12. The number of ether oxygens (including phenoxy) is 1. The fourth-order valence-electron chi connectivity index (χ4n) is 2.47. The number of hydrogen-bond acceptors (Lipinski definition) is 4. The average molecular weight is 302 g/mol. The Morgan fingerprint density at radius 1 is 1.41 bits per heavy atom. The molecule has 118 valence electrons. The van der Waals surface area contributed by atoms with Gasteiger partial charge in [-0.15, -0.1) is 0 Å². The summed E-state index contributed by atoms with van der Waals surface area (Å²) in [6, 6.07) is 9.54. The van der Waals surface area contributed by atoms with E-state index in [4.69, 9.17) is 4.74 Å². The highest BCUT2D eigenvalue weighted by molar-refractivity contribution is 5.87. The highest BCUT2D eigenvalue weighted by atomic mass is 16.5. The van der Waals surface area contributed by atoms with Crippen molar-refractivity contribution in [1.29, 1.82) is 0 Å². The minimum atomic E-state index is -0.451. The van der Waals surface area contributed by atoms with Crippen LogP contribution in [0.4, 0.5) is 0 Å². The van der Waals surface area contributed by atoms with Gasteiger partial charge in [-0.3, -0.25) is 14.5 Å². The average Bonchev–Trinajstić information content (AvgIpc) is 2.52. The third kappa shape index (κ3) is 4.70. The van der Waals surface area contributed by atoms with Crippen LogP contribution in [0.5, 0.6) is 0 Å². The van der Waals surface area contributed by atoms with Gasteiger partial charge in [0.25, 0.3) is 0 Å². The van der Waals surface area contributed by atoms with E-state index in [0.717, 1.165) is 12.1 Å². The van der Waals surface area contributed by atoms with E-state index in [0.29, 0.717) is 19.7 Å². The summed E-state index contributed by atoms with van der Waals surface area (Å²) in [6.45, 7) is 4.07. The van der Waals surface area contributed by atoms with E-state index in [1.54, 1.807) is 6.92 Å². The molecule has 1 amide bonds. The first-order valence-corrected chi connectivity index (χ1v) is 7.59. The lowest BCUT2D eigenvalue weighted by atomic mass is 10.1. The number of hydrogen-bond donors (Lipinski definition) is 1. The Kier molecular flexibility index (Phi) is 6.15. The van der Waals surface area contributed by atoms with Gasteiger partial charge in [0.2, 0.25) is 5.91 Å². The van der Waals surface area contributed by atoms with Gasteiger partial charge in [0, 0.05) is 19.6 Å². The van der Waals surface area contributed by atoms with Gasteiger partial charge in [-0.1, -0.05) is 42.5 Å². The second-order valence-electron chi connectivity index (χ2n) is 5.12. The van der Waals surface area contributed by atoms with Crippen LogP contribution in [0.25, 0.3) is 6.08 Å². The van der Waals surface area contributed by atoms with Crippen LogP contribution in [-0.4, -0.2) is 49.1 Å². The number of esters is 1. The maximum atomic E-state index is 12.0. The summed E-state index contributed by atoms with van der Waals surface area (Å²) in [4.78, 5) is 25.7. The lowest BCUT2D eigenvalue weighted by Gasteiger charge is -2.33. The fourth-order valence-corrected chi connectivity index (χ4v) is 2.47. The maximum Gasteiger partial charge on any atom is 0.307 e. The first-order chi connectivity index (χ1) is 10.7. The number of nitrogens with one attached hydrogen (secondary N) is 1. The predicted octanol–water partition coefficient (Wildman–Crippen LogP) is 1.45. The number of nitrogens with zero attached hydrogens (tertiary/aromatic N) is 1. The zero-order valence-corrected chi connectivity index (χ0v) is 12.8. The van der Waals surface area contributed by atoms with Crippen molar-refractivity contribution in [3.05, 3.63) is 42.0 Å². The first-order valence-electron chi connectivity index (χ1n) is 7.59. The minimum Gasteiger partial charge on any atom is -0.466 e. The second kappa shape index (κ2) is 8.34. The summed E-state index contributed by atoms with van der Waals surface area (Å²) >= 11 is 0. The second-order valence-corrected chi connectivity index (χ2v) is 5.12. The van der Waals surface area contributed by atoms with Crippen LogP contribution >= 0.6 is 0 Å². The molecule has 0 bridgehead atoms. The van der Waals surface area contributed by atoms with Gasteiger partial charge in [-0.05, 0) is 12.5 Å². The third-order valence-corrected chi connectivity index (χ3v) is 3.56. The SMILES string of the molecule is CCOC(=O)CC1C(=O)NCCN1CC=Cc1ccccc1. The summed E-state index contributed by atoms with van der Waals surface area (Å²) in [5, 5.41) is 2.81. The summed E-state index contributed by atoms with van der Waals surface area (Å²) in [7, 11) is 0. The highest BCUT2D eigenvalue weighted by Gasteiger charge is 2.31. The van der Waals surface area contributed by atoms with Crippen molar-refractivity contribution in [3.8, 4) is 0 Å². The Balaban J connectivity index is 1.95. The van der Waals surface area contributed by atoms with Crippen LogP contribution < -0.4 is 5.32 Å². The topological polar surface area (TPSA) is 58.6 Å². The van der Waals surface area contributed by atoms with Crippen molar-refractivity contribution in [2.45, 2.75) is 19.4 Å². The van der Waals surface area contributed by atoms with E-state index >= 15 is 0 Å². The molecule has 0 spiro atoms. The quantitative estimate of drug-likeness (QED) is 0.808. The molecule has 1 saturated heterocycles. The standard InChI is InChI=1S/C17H22N2O3/c1-2-22-16(20)13-15-17(21)18-10-12-19(15)11-6-9-14-7-4-3-5-8-14/h3-9,15H,2,10-13H2,1H3,(H,18,21). The molecule has 22 heavy (non-hydrogen) atoms. The van der Waals surface area contributed by atoms with E-state index in [1.165, 1.54) is 0 Å². The molecule has 5 nitrogen and oxygen atoms in total. The van der Waals surface area contributed by atoms with Gasteiger partial charge in [0.05, 0.1) is 19.1 Å². The van der Waals surface area contributed by atoms with Crippen LogP contribution in [0.2, 0.25) is 0 Å². The molecule has 1 N–H and O–H groups in total. The Hall–Kier alpha value is -2.14. The zero-order valence-electron chi connectivity index (χ0n) is 12.8. The van der Waals surface area contributed by atoms with Crippen molar-refractivity contribution in [2.24, 2.45) is 0 Å². The van der Waals surface area contributed by atoms with E-state index < -0.39 is 6.04 Å². The van der Waals surface area contributed by atoms with Gasteiger partial charge < -0.3 is 10.1 Å². The molecule has 1 aromatic carbocycles. The van der Waals surface area contributed by atoms with Crippen LogP contribution in [0.1, 0.15) is 18.9 Å². The molecule has 2 rings (SSSR count). The zero-order chi connectivity index (χ0) is 15.8. The highest BCUT2D eigenvalue weighted by Crippen LogP contribution is 2.11. The monoisotopic (exact) mass is 302 g/mol. The predicted molar refractivity (Wildman–Crippen MR) is 85.1 cm³/mol. The van der Waals surface area contributed by atoms with Gasteiger partial charge in [0.1, 0.15) is 0 Å². The van der Waals surface area contributed by atoms with E-state index in [1.807, 2.05) is 47.4 Å².